The maximum Gasteiger partial charge on any atom is 0.433 e. The summed E-state index contributed by atoms with van der Waals surface area (Å²) in [6, 6.07) is 12.6. The zero-order valence-corrected chi connectivity index (χ0v) is 19.5. The third-order valence-corrected chi connectivity index (χ3v) is 5.31. The van der Waals surface area contributed by atoms with E-state index in [1.54, 1.807) is 30.3 Å². The van der Waals surface area contributed by atoms with Gasteiger partial charge in [-0.05, 0) is 29.8 Å². The first-order valence-corrected chi connectivity index (χ1v) is 12.1. The molecule has 0 aliphatic carbocycles. The number of carbonyl (C=O) groups excluding carboxylic acids is 1. The van der Waals surface area contributed by atoms with Crippen LogP contribution in [0.15, 0.2) is 60.7 Å². The third kappa shape index (κ3) is 6.93. The lowest BCUT2D eigenvalue weighted by Crippen LogP contribution is -2.21. The Bertz CT molecular complexity index is 1460. The molecule has 0 radical (unpaired) electrons. The van der Waals surface area contributed by atoms with Crippen molar-refractivity contribution >= 4 is 27.7 Å². The van der Waals surface area contributed by atoms with E-state index in [1.807, 2.05) is 4.72 Å². The number of nitrogens with zero attached hydrogens (tertiary/aromatic N) is 1. The van der Waals surface area contributed by atoms with Crippen molar-refractivity contribution < 1.29 is 30.8 Å². The van der Waals surface area contributed by atoms with Crippen LogP contribution in [0.1, 0.15) is 22.4 Å². The summed E-state index contributed by atoms with van der Waals surface area (Å²) in [6.45, 7) is -0.148. The van der Waals surface area contributed by atoms with Gasteiger partial charge in [-0.25, -0.2) is 17.8 Å². The lowest BCUT2D eigenvalue weighted by Gasteiger charge is -2.11. The maximum absolute atomic E-state index is 14.4. The van der Waals surface area contributed by atoms with Gasteiger partial charge in [-0.15, -0.1) is 6.42 Å². The van der Waals surface area contributed by atoms with Crippen LogP contribution < -0.4 is 10.0 Å². The molecule has 1 heterocycles. The lowest BCUT2D eigenvalue weighted by atomic mass is 10.0. The SMILES string of the molecule is C#Cc1cc(CNC(=O)/C=C/c2ccc(C(F)(F)F)nc2-c2ccccc2)cc(F)c1NS(C)(=O)=O. The van der Waals surface area contributed by atoms with Gasteiger partial charge < -0.3 is 5.32 Å². The summed E-state index contributed by atoms with van der Waals surface area (Å²) in [5.74, 6) is 0.656. The Labute approximate surface area is 205 Å². The molecule has 0 atom stereocenters. The van der Waals surface area contributed by atoms with Crippen molar-refractivity contribution in [3.8, 4) is 23.6 Å². The molecule has 0 unspecified atom stereocenters. The van der Waals surface area contributed by atoms with E-state index in [1.165, 1.54) is 18.2 Å². The van der Waals surface area contributed by atoms with Crippen LogP contribution in [0.4, 0.5) is 23.2 Å². The van der Waals surface area contributed by atoms with E-state index in [4.69, 9.17) is 6.42 Å². The molecule has 186 valence electrons. The van der Waals surface area contributed by atoms with Crippen molar-refractivity contribution in [2.45, 2.75) is 12.7 Å². The van der Waals surface area contributed by atoms with Crippen molar-refractivity contribution in [3.05, 3.63) is 88.9 Å². The van der Waals surface area contributed by atoms with Crippen LogP contribution >= 0.6 is 0 Å². The van der Waals surface area contributed by atoms with Crippen LogP contribution in [-0.4, -0.2) is 25.6 Å². The van der Waals surface area contributed by atoms with E-state index < -0.39 is 33.6 Å². The van der Waals surface area contributed by atoms with Gasteiger partial charge in [0.1, 0.15) is 11.5 Å². The molecule has 0 bridgehead atoms. The summed E-state index contributed by atoms with van der Waals surface area (Å²) in [5.41, 5.74) is -0.471. The zero-order chi connectivity index (χ0) is 26.5. The van der Waals surface area contributed by atoms with Gasteiger partial charge in [0.15, 0.2) is 0 Å². The molecule has 2 aromatic carbocycles. The molecule has 3 rings (SSSR count). The molecule has 36 heavy (non-hydrogen) atoms. The Kier molecular flexibility index (Phi) is 7.80. The number of alkyl halides is 3. The molecule has 0 saturated carbocycles. The number of anilines is 1. The standard InChI is InChI=1S/C25H19F4N3O3S/c1-3-17-13-16(14-20(26)24(17)32-36(2,34)35)15-30-22(33)12-10-19-9-11-21(25(27,28)29)31-23(19)18-7-5-4-6-8-18/h1,4-14,32H,15H2,2H3,(H,30,33)/b12-10+. The molecule has 6 nitrogen and oxygen atoms in total. The van der Waals surface area contributed by atoms with Gasteiger partial charge in [-0.3, -0.25) is 9.52 Å². The van der Waals surface area contributed by atoms with Gasteiger partial charge in [-0.1, -0.05) is 42.3 Å². The Hall–Kier alpha value is -4.17. The first-order chi connectivity index (χ1) is 16.9. The van der Waals surface area contributed by atoms with Crippen molar-refractivity contribution in [2.75, 3.05) is 11.0 Å². The predicted molar refractivity (Wildman–Crippen MR) is 128 cm³/mol. The number of nitrogens with one attached hydrogen (secondary N) is 2. The van der Waals surface area contributed by atoms with Gasteiger partial charge in [0.2, 0.25) is 15.9 Å². The van der Waals surface area contributed by atoms with Crippen LogP contribution in [0, 0.1) is 18.2 Å². The molecular weight excluding hydrogens is 498 g/mol. The van der Waals surface area contributed by atoms with E-state index in [0.717, 1.165) is 24.5 Å². The van der Waals surface area contributed by atoms with E-state index in [2.05, 4.69) is 16.2 Å². The molecular formula is C25H19F4N3O3S. The largest absolute Gasteiger partial charge is 0.433 e. The number of hydrogen-bond donors (Lipinski definition) is 2. The second-order valence-electron chi connectivity index (χ2n) is 7.57. The molecule has 1 aromatic heterocycles. The summed E-state index contributed by atoms with van der Waals surface area (Å²) >= 11 is 0. The fourth-order valence-electron chi connectivity index (χ4n) is 3.17. The molecule has 1 amide bonds. The van der Waals surface area contributed by atoms with Gasteiger partial charge in [0, 0.05) is 23.7 Å². The number of sulfonamides is 1. The highest BCUT2D eigenvalue weighted by molar-refractivity contribution is 7.92. The minimum atomic E-state index is -4.64. The summed E-state index contributed by atoms with van der Waals surface area (Å²) in [5, 5.41) is 2.51. The summed E-state index contributed by atoms with van der Waals surface area (Å²) in [7, 11) is -3.77. The Morgan fingerprint density at radius 2 is 1.83 bits per heavy atom. The van der Waals surface area contributed by atoms with Crippen molar-refractivity contribution in [1.82, 2.24) is 10.3 Å². The fourth-order valence-corrected chi connectivity index (χ4v) is 3.75. The Morgan fingerprint density at radius 3 is 2.44 bits per heavy atom. The van der Waals surface area contributed by atoms with Crippen LogP contribution in [0.3, 0.4) is 0 Å². The number of carbonyl (C=O) groups is 1. The van der Waals surface area contributed by atoms with Crippen LogP contribution in [-0.2, 0) is 27.5 Å². The molecule has 0 spiro atoms. The number of hydrogen-bond acceptors (Lipinski definition) is 4. The van der Waals surface area contributed by atoms with Gasteiger partial charge in [0.05, 0.1) is 23.2 Å². The maximum atomic E-state index is 14.4. The highest BCUT2D eigenvalue weighted by Crippen LogP contribution is 2.31. The average molecular weight is 518 g/mol. The Balaban J connectivity index is 1.80. The van der Waals surface area contributed by atoms with Crippen LogP contribution in [0.5, 0.6) is 0 Å². The number of pyridine rings is 1. The van der Waals surface area contributed by atoms with Crippen molar-refractivity contribution in [2.24, 2.45) is 0 Å². The third-order valence-electron chi connectivity index (χ3n) is 4.74. The Morgan fingerprint density at radius 1 is 1.14 bits per heavy atom. The van der Waals surface area contributed by atoms with E-state index in [9.17, 15) is 30.8 Å². The summed E-state index contributed by atoms with van der Waals surface area (Å²) in [4.78, 5) is 16.1. The highest BCUT2D eigenvalue weighted by atomic mass is 32.2. The molecule has 0 saturated heterocycles. The normalized spacial score (nSPS) is 11.8. The van der Waals surface area contributed by atoms with E-state index >= 15 is 0 Å². The quantitative estimate of drug-likeness (QED) is 0.273. The molecule has 3 aromatic rings. The second kappa shape index (κ2) is 10.6. The summed E-state index contributed by atoms with van der Waals surface area (Å²) < 4.78 is 78.7. The minimum absolute atomic E-state index is 0.0455. The fraction of sp³-hybridized carbons (Fsp3) is 0.120. The number of halogens is 4. The number of amides is 1. The van der Waals surface area contributed by atoms with Gasteiger partial charge >= 0.3 is 6.18 Å². The molecule has 11 heteroatoms. The molecule has 0 aliphatic heterocycles. The van der Waals surface area contributed by atoms with E-state index in [0.29, 0.717) is 5.56 Å². The first-order valence-electron chi connectivity index (χ1n) is 10.2. The average Bonchev–Trinajstić information content (AvgIpc) is 2.82. The number of rotatable bonds is 7. The van der Waals surface area contributed by atoms with Crippen LogP contribution in [0.2, 0.25) is 0 Å². The van der Waals surface area contributed by atoms with E-state index in [-0.39, 0.29) is 34.6 Å². The molecule has 2 N–H and O–H groups in total. The molecule has 0 aliphatic rings. The van der Waals surface area contributed by atoms with Gasteiger partial charge in [-0.2, -0.15) is 13.2 Å². The first kappa shape index (κ1) is 26.4. The monoisotopic (exact) mass is 517 g/mol. The number of benzene rings is 2. The highest BCUT2D eigenvalue weighted by Gasteiger charge is 2.33. The lowest BCUT2D eigenvalue weighted by molar-refractivity contribution is -0.141. The zero-order valence-electron chi connectivity index (χ0n) is 18.7. The molecule has 0 fully saturated rings. The van der Waals surface area contributed by atoms with Crippen LogP contribution in [0.25, 0.3) is 17.3 Å². The minimum Gasteiger partial charge on any atom is -0.348 e. The topological polar surface area (TPSA) is 88.2 Å². The van der Waals surface area contributed by atoms with Crippen molar-refractivity contribution in [1.29, 1.82) is 0 Å². The smallest absolute Gasteiger partial charge is 0.348 e. The van der Waals surface area contributed by atoms with Gasteiger partial charge in [0.25, 0.3) is 0 Å². The number of aromatic nitrogens is 1. The second-order valence-corrected chi connectivity index (χ2v) is 9.32. The predicted octanol–water partition coefficient (Wildman–Crippen LogP) is 4.59. The summed E-state index contributed by atoms with van der Waals surface area (Å²) in [6.07, 6.45) is 3.98. The number of terminal acetylenes is 1. The van der Waals surface area contributed by atoms with Crippen molar-refractivity contribution in [3.63, 3.8) is 0 Å².